The molecule has 1 amide bonds. The van der Waals surface area contributed by atoms with E-state index in [1.54, 1.807) is 12.1 Å². The summed E-state index contributed by atoms with van der Waals surface area (Å²) in [5.41, 5.74) is 2.31. The lowest BCUT2D eigenvalue weighted by atomic mass is 9.70. The Balaban J connectivity index is 1.53. The van der Waals surface area contributed by atoms with Gasteiger partial charge in [-0.15, -0.1) is 0 Å². The number of aromatic amines is 1. The van der Waals surface area contributed by atoms with Crippen LogP contribution in [-0.4, -0.2) is 29.1 Å². The van der Waals surface area contributed by atoms with Crippen LogP contribution in [0.2, 0.25) is 0 Å². The van der Waals surface area contributed by atoms with Crippen molar-refractivity contribution < 1.29 is 23.1 Å². The molecule has 0 radical (unpaired) electrons. The molecule has 3 aromatic rings. The fourth-order valence-corrected chi connectivity index (χ4v) is 4.80. The maximum absolute atomic E-state index is 14.5. The van der Waals surface area contributed by atoms with E-state index in [4.69, 9.17) is 5.11 Å². The number of benzene rings is 2. The smallest absolute Gasteiger partial charge is 0.223 e. The molecule has 1 aliphatic rings. The first-order valence-corrected chi connectivity index (χ1v) is 11.6. The quantitative estimate of drug-likeness (QED) is 0.387. The van der Waals surface area contributed by atoms with Gasteiger partial charge >= 0.3 is 0 Å². The number of carbonyl (C=O) groups is 1. The lowest BCUT2D eigenvalue weighted by molar-refractivity contribution is -0.128. The zero-order valence-electron chi connectivity index (χ0n) is 18.6. The number of hydrogen-bond acceptors (Lipinski definition) is 2. The third-order valence-electron chi connectivity index (χ3n) is 6.83. The highest BCUT2D eigenvalue weighted by Crippen LogP contribution is 2.48. The van der Waals surface area contributed by atoms with E-state index in [2.05, 4.69) is 17.2 Å². The summed E-state index contributed by atoms with van der Waals surface area (Å²) in [6.45, 7) is 2.80. The molecule has 33 heavy (non-hydrogen) atoms. The fourth-order valence-electron chi connectivity index (χ4n) is 4.80. The molecular formula is C26H29F3N2O2. The topological polar surface area (TPSA) is 65.1 Å². The molecule has 1 fully saturated rings. The van der Waals surface area contributed by atoms with Crippen LogP contribution >= 0.6 is 0 Å². The van der Waals surface area contributed by atoms with Crippen molar-refractivity contribution in [1.29, 1.82) is 0 Å². The summed E-state index contributed by atoms with van der Waals surface area (Å²) in [6, 6.07) is 8.04. The maximum atomic E-state index is 14.5. The van der Waals surface area contributed by atoms with Crippen molar-refractivity contribution in [1.82, 2.24) is 10.3 Å². The first-order valence-electron chi connectivity index (χ1n) is 11.6. The van der Waals surface area contributed by atoms with E-state index in [1.165, 1.54) is 18.2 Å². The van der Waals surface area contributed by atoms with Crippen LogP contribution in [0.1, 0.15) is 50.5 Å². The summed E-state index contributed by atoms with van der Waals surface area (Å²) >= 11 is 0. The largest absolute Gasteiger partial charge is 0.396 e. The molecule has 4 nitrogen and oxygen atoms in total. The second-order valence-corrected chi connectivity index (χ2v) is 8.98. The molecular weight excluding hydrogens is 429 g/mol. The van der Waals surface area contributed by atoms with Crippen LogP contribution < -0.4 is 5.32 Å². The highest BCUT2D eigenvalue weighted by atomic mass is 19.1. The lowest BCUT2D eigenvalue weighted by Crippen LogP contribution is -2.40. The third kappa shape index (κ3) is 4.93. The van der Waals surface area contributed by atoms with Crippen molar-refractivity contribution in [2.75, 3.05) is 13.2 Å². The highest BCUT2D eigenvalue weighted by molar-refractivity contribution is 5.92. The summed E-state index contributed by atoms with van der Waals surface area (Å²) in [6.07, 6.45) is 3.69. The van der Waals surface area contributed by atoms with Crippen molar-refractivity contribution in [2.24, 2.45) is 11.8 Å². The normalized spacial score (nSPS) is 18.8. The van der Waals surface area contributed by atoms with Crippen LogP contribution in [0.25, 0.3) is 22.2 Å². The van der Waals surface area contributed by atoms with Crippen LogP contribution in [0, 0.1) is 29.3 Å². The molecule has 3 N–H and O–H groups in total. The Kier molecular flexibility index (Phi) is 7.08. The number of aliphatic hydroxyl groups excluding tert-OH is 1. The van der Waals surface area contributed by atoms with Crippen molar-refractivity contribution >= 4 is 16.8 Å². The Hall–Kier alpha value is -2.80. The van der Waals surface area contributed by atoms with Gasteiger partial charge in [-0.3, -0.25) is 4.79 Å². The molecule has 4 rings (SSSR count). The molecule has 1 aromatic heterocycles. The van der Waals surface area contributed by atoms with E-state index in [0.29, 0.717) is 41.9 Å². The van der Waals surface area contributed by atoms with E-state index < -0.39 is 11.6 Å². The molecule has 0 saturated heterocycles. The number of H-pyrrole nitrogens is 1. The molecule has 1 unspecified atom stereocenters. The number of aromatic nitrogens is 1. The van der Waals surface area contributed by atoms with E-state index in [0.717, 1.165) is 30.9 Å². The van der Waals surface area contributed by atoms with Gasteiger partial charge in [-0.25, -0.2) is 13.2 Å². The predicted molar refractivity (Wildman–Crippen MR) is 122 cm³/mol. The molecule has 1 atom stereocenters. The molecule has 0 aliphatic heterocycles. The first-order chi connectivity index (χ1) is 15.9. The standard InChI is InChI=1S/C26H29F3N2O2/c1-2-15(4-3-9-32)14-30-26(33)18-10-17(11-18)23-21-12-20(28)13-22(29)25(21)31-24(23)16-5-7-19(27)8-6-16/h5-8,12-13,15,17-18,31-32H,2-4,9-11,14H2,1H3,(H,30,33). The van der Waals surface area contributed by atoms with Gasteiger partial charge in [0.25, 0.3) is 0 Å². The molecule has 1 heterocycles. The van der Waals surface area contributed by atoms with E-state index in [1.807, 2.05) is 0 Å². The molecule has 176 valence electrons. The third-order valence-corrected chi connectivity index (χ3v) is 6.83. The minimum absolute atomic E-state index is 0.00534. The van der Waals surface area contributed by atoms with E-state index in [9.17, 15) is 18.0 Å². The average molecular weight is 459 g/mol. The Morgan fingerprint density at radius 3 is 2.55 bits per heavy atom. The van der Waals surface area contributed by atoms with Gasteiger partial charge in [0.1, 0.15) is 17.5 Å². The number of nitrogens with one attached hydrogen (secondary N) is 2. The second-order valence-electron chi connectivity index (χ2n) is 8.98. The van der Waals surface area contributed by atoms with Gasteiger partial charge < -0.3 is 15.4 Å². The Labute approximate surface area is 191 Å². The SMILES string of the molecule is CCC(CCCO)CNC(=O)C1CC(c2c(-c3ccc(F)cc3)[nH]c3c(F)cc(F)cc23)C1. The van der Waals surface area contributed by atoms with Gasteiger partial charge in [-0.1, -0.05) is 13.3 Å². The zero-order chi connectivity index (χ0) is 23.5. The van der Waals surface area contributed by atoms with E-state index in [-0.39, 0.29) is 35.7 Å². The number of carbonyl (C=O) groups excluding carboxylic acids is 1. The number of halogens is 3. The summed E-state index contributed by atoms with van der Waals surface area (Å²) in [7, 11) is 0. The van der Waals surface area contributed by atoms with Crippen LogP contribution in [0.4, 0.5) is 13.2 Å². The van der Waals surface area contributed by atoms with E-state index >= 15 is 0 Å². The number of rotatable bonds is 9. The molecule has 0 spiro atoms. The van der Waals surface area contributed by atoms with Gasteiger partial charge in [0, 0.05) is 30.5 Å². The van der Waals surface area contributed by atoms with Gasteiger partial charge in [0.15, 0.2) is 0 Å². The Morgan fingerprint density at radius 1 is 1.15 bits per heavy atom. The Bertz CT molecular complexity index is 1120. The fraction of sp³-hybridized carbons (Fsp3) is 0.423. The zero-order valence-corrected chi connectivity index (χ0v) is 18.6. The average Bonchev–Trinajstić information content (AvgIpc) is 3.13. The maximum Gasteiger partial charge on any atom is 0.223 e. The molecule has 2 aromatic carbocycles. The minimum Gasteiger partial charge on any atom is -0.396 e. The summed E-state index contributed by atoms with van der Waals surface area (Å²) < 4.78 is 42.0. The summed E-state index contributed by atoms with van der Waals surface area (Å²) in [4.78, 5) is 15.7. The molecule has 1 saturated carbocycles. The van der Waals surface area contributed by atoms with Gasteiger partial charge in [0.2, 0.25) is 5.91 Å². The van der Waals surface area contributed by atoms with Crippen molar-refractivity contribution in [3.8, 4) is 11.3 Å². The summed E-state index contributed by atoms with van der Waals surface area (Å²) in [5.74, 6) is -1.58. The lowest BCUT2D eigenvalue weighted by Gasteiger charge is -2.35. The van der Waals surface area contributed by atoms with Crippen LogP contribution in [0.3, 0.4) is 0 Å². The first kappa shape index (κ1) is 23.4. The Morgan fingerprint density at radius 2 is 1.88 bits per heavy atom. The van der Waals surface area contributed by atoms with Gasteiger partial charge in [-0.2, -0.15) is 0 Å². The van der Waals surface area contributed by atoms with Crippen molar-refractivity contribution in [3.05, 3.63) is 59.4 Å². The molecule has 1 aliphatic carbocycles. The van der Waals surface area contributed by atoms with Gasteiger partial charge in [-0.05, 0) is 79.0 Å². The van der Waals surface area contributed by atoms with Crippen LogP contribution in [-0.2, 0) is 4.79 Å². The van der Waals surface area contributed by atoms with Crippen LogP contribution in [0.5, 0.6) is 0 Å². The highest BCUT2D eigenvalue weighted by Gasteiger charge is 2.38. The molecule has 7 heteroatoms. The van der Waals surface area contributed by atoms with Crippen LogP contribution in [0.15, 0.2) is 36.4 Å². The number of amides is 1. The predicted octanol–water partition coefficient (Wildman–Crippen LogP) is 5.66. The number of fused-ring (bicyclic) bond motifs is 1. The van der Waals surface area contributed by atoms with Gasteiger partial charge in [0.05, 0.1) is 11.2 Å². The number of aliphatic hydroxyl groups is 1. The van der Waals surface area contributed by atoms with Crippen molar-refractivity contribution in [2.45, 2.75) is 44.9 Å². The number of hydrogen-bond donors (Lipinski definition) is 3. The second kappa shape index (κ2) is 10.00. The summed E-state index contributed by atoms with van der Waals surface area (Å²) in [5, 5.41) is 12.5. The minimum atomic E-state index is -0.679. The van der Waals surface area contributed by atoms with Crippen molar-refractivity contribution in [3.63, 3.8) is 0 Å². The molecule has 0 bridgehead atoms. The monoisotopic (exact) mass is 458 g/mol.